The molecule has 0 N–H and O–H groups in total. The summed E-state index contributed by atoms with van der Waals surface area (Å²) in [5, 5.41) is 0.159. The van der Waals surface area contributed by atoms with E-state index in [4.69, 9.17) is 25.8 Å². The van der Waals surface area contributed by atoms with Crippen LogP contribution in [0.4, 0.5) is 0 Å². The summed E-state index contributed by atoms with van der Waals surface area (Å²) in [5.74, 6) is 0.471. The average molecular weight is 610 g/mol. The Morgan fingerprint density at radius 3 is 2.32 bits per heavy atom. The lowest BCUT2D eigenvalue weighted by atomic mass is 10.2. The first kappa shape index (κ1) is 28.3. The van der Waals surface area contributed by atoms with Gasteiger partial charge in [0.1, 0.15) is 5.15 Å². The number of nitrogens with zero attached hydrogens (tertiary/aromatic N) is 3. The molecule has 0 unspecified atom stereocenters. The lowest BCUT2D eigenvalue weighted by Crippen LogP contribution is -2.15. The van der Waals surface area contributed by atoms with Crippen LogP contribution in [0.15, 0.2) is 98.8 Å². The summed E-state index contributed by atoms with van der Waals surface area (Å²) >= 11 is 7.76. The normalized spacial score (nSPS) is 14.7. The quantitative estimate of drug-likeness (QED) is 0.180. The molecule has 41 heavy (non-hydrogen) atoms. The van der Waals surface area contributed by atoms with Crippen LogP contribution in [0.3, 0.4) is 0 Å². The van der Waals surface area contributed by atoms with Gasteiger partial charge in [-0.1, -0.05) is 59.3 Å². The van der Waals surface area contributed by atoms with E-state index in [0.29, 0.717) is 40.8 Å². The number of hydrogen-bond acceptors (Lipinski definition) is 8. The van der Waals surface area contributed by atoms with Gasteiger partial charge in [0.2, 0.25) is 10.7 Å². The van der Waals surface area contributed by atoms with E-state index in [-0.39, 0.29) is 26.4 Å². The second kappa shape index (κ2) is 12.1. The van der Waals surface area contributed by atoms with E-state index in [0.717, 1.165) is 11.3 Å². The molecule has 0 aliphatic carbocycles. The van der Waals surface area contributed by atoms with Crippen molar-refractivity contribution in [2.24, 2.45) is 9.39 Å². The maximum atomic E-state index is 13.1. The molecule has 210 valence electrons. The van der Waals surface area contributed by atoms with Gasteiger partial charge in [-0.25, -0.2) is 9.79 Å². The second-order valence-corrected chi connectivity index (χ2v) is 11.4. The topological polar surface area (TPSA) is 109 Å². The third-order valence-corrected chi connectivity index (χ3v) is 8.59. The fourth-order valence-corrected chi connectivity index (χ4v) is 6.48. The number of esters is 1. The molecular weight excluding hydrogens is 586 g/mol. The van der Waals surface area contributed by atoms with Gasteiger partial charge in [0.05, 0.1) is 23.0 Å². The molecule has 12 heteroatoms. The van der Waals surface area contributed by atoms with Crippen LogP contribution in [0.25, 0.3) is 11.8 Å². The zero-order valence-electron chi connectivity index (χ0n) is 22.0. The highest BCUT2D eigenvalue weighted by molar-refractivity contribution is 7.90. The van der Waals surface area contributed by atoms with E-state index in [1.807, 2.05) is 19.9 Å². The Bertz CT molecular complexity index is 1830. The molecule has 4 aromatic rings. The Balaban J connectivity index is 1.59. The van der Waals surface area contributed by atoms with Gasteiger partial charge in [0, 0.05) is 11.3 Å². The largest absolute Gasteiger partial charge is 0.490 e. The molecule has 0 atom stereocenters. The van der Waals surface area contributed by atoms with Crippen LogP contribution in [-0.4, -0.2) is 38.1 Å². The van der Waals surface area contributed by atoms with Crippen molar-refractivity contribution in [2.45, 2.75) is 18.7 Å². The van der Waals surface area contributed by atoms with Crippen LogP contribution in [0.5, 0.6) is 11.5 Å². The van der Waals surface area contributed by atoms with Gasteiger partial charge in [-0.05, 0) is 62.4 Å². The van der Waals surface area contributed by atoms with Crippen LogP contribution in [0.2, 0.25) is 5.15 Å². The summed E-state index contributed by atoms with van der Waals surface area (Å²) in [5.41, 5.74) is 1.11. The van der Waals surface area contributed by atoms with E-state index in [1.54, 1.807) is 60.7 Å². The number of cyclic esters (lactones) is 1. The first-order valence-corrected chi connectivity index (χ1v) is 15.2. The fourth-order valence-electron chi connectivity index (χ4n) is 3.92. The summed E-state index contributed by atoms with van der Waals surface area (Å²) in [4.78, 5) is 17.7. The number of benzene rings is 3. The van der Waals surface area contributed by atoms with Gasteiger partial charge in [-0.15, -0.1) is 4.40 Å². The van der Waals surface area contributed by atoms with E-state index < -0.39 is 16.0 Å². The second-order valence-electron chi connectivity index (χ2n) is 8.45. The number of carbonyl (C=O) groups is 1. The number of rotatable bonds is 9. The molecular formula is C29H24ClN3O6S2. The van der Waals surface area contributed by atoms with Gasteiger partial charge >= 0.3 is 5.97 Å². The molecule has 1 aliphatic heterocycles. The molecule has 0 amide bonds. The number of aliphatic imine (C=N–C) groups is 1. The van der Waals surface area contributed by atoms with Crippen molar-refractivity contribution in [1.82, 2.24) is 4.57 Å². The monoisotopic (exact) mass is 609 g/mol. The van der Waals surface area contributed by atoms with E-state index in [2.05, 4.69) is 9.39 Å². The standard InChI is InChI=1S/C29H24ClN3O6S2/c1-3-37-23-16-15-19(17-24(23)38-4-2)27-31-22(28(34)39-27)18-25-26(30)33(20-11-7-5-8-12-20)29(40-25)32-41(35,36)21-13-9-6-10-14-21/h5-18H,3-4H2,1-2H3. The molecule has 0 radical (unpaired) electrons. The molecule has 0 bridgehead atoms. The summed E-state index contributed by atoms with van der Waals surface area (Å²) in [6, 6.07) is 22.0. The first-order valence-electron chi connectivity index (χ1n) is 12.6. The first-order chi connectivity index (χ1) is 19.8. The summed E-state index contributed by atoms with van der Waals surface area (Å²) in [6.07, 6.45) is 1.45. The average Bonchev–Trinajstić information content (AvgIpc) is 3.49. The van der Waals surface area contributed by atoms with Gasteiger partial charge in [-0.3, -0.25) is 4.57 Å². The lowest BCUT2D eigenvalue weighted by molar-refractivity contribution is -0.129. The van der Waals surface area contributed by atoms with Crippen molar-refractivity contribution in [1.29, 1.82) is 0 Å². The number of halogens is 1. The van der Waals surface area contributed by atoms with Crippen LogP contribution in [0, 0.1) is 0 Å². The third kappa shape index (κ3) is 6.12. The number of ether oxygens (including phenoxy) is 3. The molecule has 0 saturated carbocycles. The van der Waals surface area contributed by atoms with Crippen LogP contribution in [0.1, 0.15) is 24.3 Å². The molecule has 2 heterocycles. The molecule has 0 fully saturated rings. The Morgan fingerprint density at radius 2 is 1.63 bits per heavy atom. The Labute approximate surface area is 245 Å². The molecule has 5 rings (SSSR count). The number of para-hydroxylation sites is 1. The number of carbonyl (C=O) groups excluding carboxylic acids is 1. The number of hydrogen-bond donors (Lipinski definition) is 0. The Hall–Kier alpha value is -4.19. The summed E-state index contributed by atoms with van der Waals surface area (Å²) in [6.45, 7) is 4.62. The van der Waals surface area contributed by atoms with Gasteiger partial charge in [0.25, 0.3) is 10.0 Å². The predicted molar refractivity (Wildman–Crippen MR) is 157 cm³/mol. The van der Waals surface area contributed by atoms with E-state index in [9.17, 15) is 13.2 Å². The maximum Gasteiger partial charge on any atom is 0.363 e. The summed E-state index contributed by atoms with van der Waals surface area (Å²) < 4.78 is 48.5. The molecule has 0 saturated heterocycles. The smallest absolute Gasteiger partial charge is 0.363 e. The lowest BCUT2D eigenvalue weighted by Gasteiger charge is -2.11. The highest BCUT2D eigenvalue weighted by atomic mass is 35.5. The Kier molecular flexibility index (Phi) is 8.39. The van der Waals surface area contributed by atoms with Crippen molar-refractivity contribution in [3.8, 4) is 17.2 Å². The molecule has 0 spiro atoms. The van der Waals surface area contributed by atoms with E-state index >= 15 is 0 Å². The van der Waals surface area contributed by atoms with Crippen LogP contribution >= 0.6 is 22.9 Å². The molecule has 1 aliphatic rings. The maximum absolute atomic E-state index is 13.1. The Morgan fingerprint density at radius 1 is 0.976 bits per heavy atom. The SMILES string of the molecule is CCOc1ccc(C2=NC(=Cc3sc(=NS(=O)(=O)c4ccccc4)n(-c4ccccc4)c3Cl)C(=O)O2)cc1OCC. The van der Waals surface area contributed by atoms with Gasteiger partial charge in [0.15, 0.2) is 17.2 Å². The number of aromatic nitrogens is 1. The molecule has 9 nitrogen and oxygen atoms in total. The van der Waals surface area contributed by atoms with Crippen molar-refractivity contribution >= 4 is 50.9 Å². The minimum Gasteiger partial charge on any atom is -0.490 e. The molecule has 1 aromatic heterocycles. The van der Waals surface area contributed by atoms with Crippen LogP contribution in [-0.2, 0) is 19.6 Å². The van der Waals surface area contributed by atoms with Crippen molar-refractivity contribution in [3.05, 3.63) is 105 Å². The van der Waals surface area contributed by atoms with Crippen molar-refractivity contribution in [2.75, 3.05) is 13.2 Å². The van der Waals surface area contributed by atoms with Gasteiger partial charge < -0.3 is 14.2 Å². The fraction of sp³-hybridized carbons (Fsp3) is 0.138. The number of sulfonamides is 1. The third-order valence-electron chi connectivity index (χ3n) is 5.72. The minimum absolute atomic E-state index is 0.00678. The van der Waals surface area contributed by atoms with Gasteiger partial charge in [-0.2, -0.15) is 8.42 Å². The minimum atomic E-state index is -4.05. The van der Waals surface area contributed by atoms with Crippen molar-refractivity contribution < 1.29 is 27.4 Å². The van der Waals surface area contributed by atoms with Crippen LogP contribution < -0.4 is 14.3 Å². The highest BCUT2D eigenvalue weighted by Gasteiger charge is 2.27. The highest BCUT2D eigenvalue weighted by Crippen LogP contribution is 2.31. The zero-order chi connectivity index (χ0) is 29.0. The summed E-state index contributed by atoms with van der Waals surface area (Å²) in [7, 11) is -4.05. The van der Waals surface area contributed by atoms with Crippen molar-refractivity contribution in [3.63, 3.8) is 0 Å². The zero-order valence-corrected chi connectivity index (χ0v) is 24.4. The molecule has 3 aromatic carbocycles. The van der Waals surface area contributed by atoms with E-state index in [1.165, 1.54) is 22.8 Å². The predicted octanol–water partition coefficient (Wildman–Crippen LogP) is 5.62. The number of thiazole rings is 1.